The molecule has 1 aliphatic carbocycles. The van der Waals surface area contributed by atoms with Gasteiger partial charge in [-0.25, -0.2) is 9.59 Å². The van der Waals surface area contributed by atoms with Gasteiger partial charge in [0.1, 0.15) is 36.2 Å². The molecule has 424 valence electrons. The number of amides is 1. The van der Waals surface area contributed by atoms with Gasteiger partial charge >= 0.3 is 11.9 Å². The van der Waals surface area contributed by atoms with Gasteiger partial charge in [-0.2, -0.15) is 4.57 Å². The van der Waals surface area contributed by atoms with Crippen molar-refractivity contribution in [1.82, 2.24) is 4.90 Å². The van der Waals surface area contributed by atoms with E-state index >= 15 is 0 Å². The van der Waals surface area contributed by atoms with Gasteiger partial charge in [0.05, 0.1) is 18.3 Å². The molecule has 1 amide bonds. The third-order valence-electron chi connectivity index (χ3n) is 16.1. The molecule has 4 heterocycles. The van der Waals surface area contributed by atoms with Crippen molar-refractivity contribution in [1.29, 1.82) is 0 Å². The number of piperidine rings is 1. The largest absolute Gasteiger partial charge is 1.00 e. The average molecular weight is 1130 g/mol. The molecule has 0 unspecified atom stereocenters. The molecule has 2 bridgehead atoms. The van der Waals surface area contributed by atoms with E-state index in [1.807, 2.05) is 89.5 Å². The Morgan fingerprint density at radius 3 is 2.30 bits per heavy atom. The first-order valence-electron chi connectivity index (χ1n) is 27.2. The third-order valence-corrected chi connectivity index (χ3v) is 16.1. The van der Waals surface area contributed by atoms with E-state index < -0.39 is 95.9 Å². The van der Waals surface area contributed by atoms with E-state index in [1.54, 1.807) is 45.6 Å². The molecule has 15 atom stereocenters. The van der Waals surface area contributed by atoms with Crippen molar-refractivity contribution < 1.29 is 89.0 Å². The van der Waals surface area contributed by atoms with Gasteiger partial charge in [0.15, 0.2) is 18.2 Å². The Kier molecular flexibility index (Phi) is 25.6. The highest BCUT2D eigenvalue weighted by Gasteiger charge is 2.53. The highest BCUT2D eigenvalue weighted by molar-refractivity contribution is 6.39. The van der Waals surface area contributed by atoms with Gasteiger partial charge in [0.25, 0.3) is 11.7 Å². The van der Waals surface area contributed by atoms with E-state index in [0.717, 1.165) is 11.1 Å². The van der Waals surface area contributed by atoms with Gasteiger partial charge < -0.3 is 60.5 Å². The minimum atomic E-state index is -2.45. The maximum absolute atomic E-state index is 14.6. The molecule has 3 aliphatic heterocycles. The number of hydrogen-bond donors (Lipinski definition) is 2. The number of nitrogens with zero attached hydrogens (tertiary/aromatic N) is 2. The molecule has 1 aromatic heterocycles. The number of rotatable bonds is 9. The van der Waals surface area contributed by atoms with Crippen LogP contribution in [0.1, 0.15) is 131 Å². The molecule has 16 nitrogen and oxygen atoms in total. The number of carbonyl (C=O) groups excluding carboxylic acids is 6. The Bertz CT molecular complexity index is 2260. The Labute approximate surface area is 461 Å². The van der Waals surface area contributed by atoms with Crippen LogP contribution in [0, 0.1) is 42.4 Å². The minimum Gasteiger partial charge on any atom is -1.00 e. The minimum absolute atomic E-state index is 0. The quantitative estimate of drug-likeness (QED) is 0.155. The number of fused-ring (bicyclic) bond motifs is 3. The standard InChI is InChI=1S/C59H87N2O14.BrH/c1-36-18-13-12-14-20-38(3)49(70-9)32-45-24-22-43(8)59(69,75-45)56(66)57(67)61-27-16-15-21-46(61)58(68)74-50(33-47(62)39(4)29-42(7)54(65)55(72-11)53(64)41(6)28-36)40(5)30-44-23-25-48(51(31-44)71-10)73-52(63)35-60-26-17-19-37(2)34-60;/h12-14,17-20,26,29,34,36,39-41,43-46,48-51,54-55,65,69H,15-16,21-25,27-28,30-33,35H2,1-11H3;1H/q+1;/p-1/b14-12+,18-13+,38-20+,42-29+;/t36-,39-,40-,41-,43-,44+,45+,46+,48-,49+,50+,51-,54-,55+,59-;/m1./s1. The maximum atomic E-state index is 14.6. The number of ether oxygens (including phenoxy) is 6. The summed E-state index contributed by atoms with van der Waals surface area (Å²) in [6, 6.07) is 2.65. The number of aryl methyl sites for hydroxylation is 1. The zero-order valence-electron chi connectivity index (χ0n) is 46.8. The number of aliphatic hydroxyl groups is 2. The molecule has 0 radical (unpaired) electrons. The van der Waals surface area contributed by atoms with Crippen molar-refractivity contribution >= 4 is 35.2 Å². The number of methoxy groups -OCH3 is 3. The van der Waals surface area contributed by atoms with Crippen LogP contribution in [0.3, 0.4) is 0 Å². The second-order valence-electron chi connectivity index (χ2n) is 22.1. The summed E-state index contributed by atoms with van der Waals surface area (Å²) in [6.07, 6.45) is 14.5. The topological polar surface area (TPSA) is 205 Å². The molecule has 5 rings (SSSR count). The van der Waals surface area contributed by atoms with Crippen molar-refractivity contribution in [2.45, 2.75) is 194 Å². The zero-order chi connectivity index (χ0) is 55.1. The molecule has 4 aliphatic rings. The average Bonchev–Trinajstić information content (AvgIpc) is 3.38. The van der Waals surface area contributed by atoms with Crippen LogP contribution in [-0.2, 0) is 63.7 Å². The first-order valence-corrected chi connectivity index (χ1v) is 27.2. The lowest BCUT2D eigenvalue weighted by molar-refractivity contribution is -0.686. The van der Waals surface area contributed by atoms with Gasteiger partial charge in [0.2, 0.25) is 12.3 Å². The molecular weight excluding hydrogens is 1040 g/mol. The SMILES string of the molecule is CO[C@H]1C[C@@H]2CC[C@@H](C)[C@@](O)(O2)C(=O)C(=O)N2CCCC[C@H]2C(=O)O[C@H]([C@H](C)C[C@@H]2CC[C@@H](OC(=O)C[n+]3cccc(C)c3)[C@H](OC)C2)CC(=O)[C@H](C)/C=C(\C)[C@@H](O)[C@@H](OC)C(=O)[C@H](C)C[C@H](C)/C=C/C=C/C=C/1C.[Br-]. The van der Waals surface area contributed by atoms with Crippen LogP contribution >= 0.6 is 0 Å². The van der Waals surface area contributed by atoms with Crippen molar-refractivity contribution in [3.8, 4) is 0 Å². The summed E-state index contributed by atoms with van der Waals surface area (Å²) < 4.78 is 37.6. The molecule has 2 N–H and O–H groups in total. The molecule has 0 spiro atoms. The molecule has 76 heavy (non-hydrogen) atoms. The van der Waals surface area contributed by atoms with Crippen LogP contribution in [0.5, 0.6) is 0 Å². The van der Waals surface area contributed by atoms with Crippen LogP contribution in [0.25, 0.3) is 0 Å². The summed E-state index contributed by atoms with van der Waals surface area (Å²) >= 11 is 0. The third kappa shape index (κ3) is 17.4. The monoisotopic (exact) mass is 1130 g/mol. The molecule has 1 saturated carbocycles. The normalized spacial score (nSPS) is 36.0. The Morgan fingerprint density at radius 2 is 1.62 bits per heavy atom. The van der Waals surface area contributed by atoms with Gasteiger partial charge in [-0.1, -0.05) is 71.1 Å². The lowest BCUT2D eigenvalue weighted by Crippen LogP contribution is -3.00. The van der Waals surface area contributed by atoms with Crippen LogP contribution in [0.2, 0.25) is 0 Å². The second kappa shape index (κ2) is 30.2. The van der Waals surface area contributed by atoms with Crippen LogP contribution in [0.4, 0.5) is 0 Å². The smallest absolute Gasteiger partial charge is 0.373 e. The van der Waals surface area contributed by atoms with Crippen molar-refractivity contribution in [2.24, 2.45) is 35.5 Å². The molecular formula is C59H87BrN2O14. The molecule has 3 fully saturated rings. The number of esters is 2. The first-order chi connectivity index (χ1) is 35.6. The highest BCUT2D eigenvalue weighted by Crippen LogP contribution is 2.38. The number of carbonyl (C=O) groups is 6. The number of aliphatic hydroxyl groups excluding tert-OH is 1. The van der Waals surface area contributed by atoms with Gasteiger partial charge in [-0.05, 0) is 120 Å². The fourth-order valence-corrected chi connectivity index (χ4v) is 11.3. The highest BCUT2D eigenvalue weighted by atomic mass is 79.9. The summed E-state index contributed by atoms with van der Waals surface area (Å²) in [5.74, 6) is -8.66. The number of Topliss-reactive ketones (excluding diaryl/α,β-unsaturated/α-hetero) is 3. The number of cyclic esters (lactones) is 1. The molecule has 2 saturated heterocycles. The Hall–Kier alpha value is -4.23. The van der Waals surface area contributed by atoms with E-state index in [-0.39, 0.29) is 72.3 Å². The van der Waals surface area contributed by atoms with E-state index in [1.165, 1.54) is 12.0 Å². The van der Waals surface area contributed by atoms with E-state index in [4.69, 9.17) is 28.4 Å². The lowest BCUT2D eigenvalue weighted by Gasteiger charge is -2.42. The summed E-state index contributed by atoms with van der Waals surface area (Å²) in [5, 5.41) is 23.6. The summed E-state index contributed by atoms with van der Waals surface area (Å²) in [7, 11) is 4.54. The maximum Gasteiger partial charge on any atom is 0.373 e. The number of hydrogen-bond acceptors (Lipinski definition) is 14. The number of allylic oxidation sites excluding steroid dienone is 6. The zero-order valence-corrected chi connectivity index (χ0v) is 48.4. The van der Waals surface area contributed by atoms with Crippen molar-refractivity contribution in [3.05, 3.63) is 77.7 Å². The van der Waals surface area contributed by atoms with Crippen LogP contribution in [0.15, 0.2) is 72.1 Å². The Morgan fingerprint density at radius 1 is 0.882 bits per heavy atom. The van der Waals surface area contributed by atoms with E-state index in [0.29, 0.717) is 69.8 Å². The van der Waals surface area contributed by atoms with Crippen LogP contribution < -0.4 is 21.5 Å². The predicted molar refractivity (Wildman–Crippen MR) is 280 cm³/mol. The fourth-order valence-electron chi connectivity index (χ4n) is 11.3. The van der Waals surface area contributed by atoms with Crippen LogP contribution in [-0.4, -0.2) is 133 Å². The Balaban J connectivity index is 0.0000125. The summed E-state index contributed by atoms with van der Waals surface area (Å²) in [5.41, 5.74) is 2.26. The molecule has 1 aromatic rings. The number of aromatic nitrogens is 1. The van der Waals surface area contributed by atoms with Gasteiger partial charge in [0, 0.05) is 70.1 Å². The van der Waals surface area contributed by atoms with E-state index in [9.17, 15) is 39.0 Å². The molecule has 17 heteroatoms. The predicted octanol–water partition coefficient (Wildman–Crippen LogP) is 4.03. The van der Waals surface area contributed by atoms with Gasteiger partial charge in [-0.3, -0.25) is 19.2 Å². The van der Waals surface area contributed by atoms with Crippen molar-refractivity contribution in [2.75, 3.05) is 27.9 Å². The first kappa shape index (κ1) is 64.3. The number of ketones is 3. The second-order valence-corrected chi connectivity index (χ2v) is 22.1. The van der Waals surface area contributed by atoms with E-state index in [2.05, 4.69) is 0 Å². The lowest BCUT2D eigenvalue weighted by atomic mass is 9.78. The molecule has 0 aromatic carbocycles. The number of pyridine rings is 1. The summed E-state index contributed by atoms with van der Waals surface area (Å²) in [6.45, 7) is 14.7. The summed E-state index contributed by atoms with van der Waals surface area (Å²) in [4.78, 5) is 85.7. The number of halogens is 1. The van der Waals surface area contributed by atoms with Gasteiger partial charge in [-0.15, -0.1) is 0 Å². The van der Waals surface area contributed by atoms with Crippen molar-refractivity contribution in [3.63, 3.8) is 0 Å². The fraction of sp³-hybridized carbons (Fsp3) is 0.678.